The van der Waals surface area contributed by atoms with Gasteiger partial charge in [-0.1, -0.05) is 0 Å². The van der Waals surface area contributed by atoms with Crippen molar-refractivity contribution in [3.63, 3.8) is 0 Å². The number of hydrogen-bond donors (Lipinski definition) is 3. The van der Waals surface area contributed by atoms with Crippen LogP contribution in [0.3, 0.4) is 0 Å². The Morgan fingerprint density at radius 3 is 2.00 bits per heavy atom. The molecule has 0 aromatic rings. The van der Waals surface area contributed by atoms with E-state index < -0.39 is 38.2 Å². The Kier molecular flexibility index (Phi) is 14.2. The fourth-order valence-corrected chi connectivity index (χ4v) is 3.40. The van der Waals surface area contributed by atoms with E-state index >= 15 is 0 Å². The first-order chi connectivity index (χ1) is 13.8. The molecular formula is C20H43N3O5S2. The lowest BCUT2D eigenvalue weighted by Gasteiger charge is -2.26. The Morgan fingerprint density at radius 2 is 1.47 bits per heavy atom. The molecule has 0 aliphatic rings. The molecule has 180 valence electrons. The van der Waals surface area contributed by atoms with Crippen molar-refractivity contribution < 1.29 is 23.9 Å². The second-order valence-electron chi connectivity index (χ2n) is 8.97. The van der Waals surface area contributed by atoms with E-state index in [1.54, 1.807) is 0 Å². The number of alkyl carbamates (subject to hydrolysis) is 1. The highest BCUT2D eigenvalue weighted by Crippen LogP contribution is 2.34. The monoisotopic (exact) mass is 469 g/mol. The lowest BCUT2D eigenvalue weighted by molar-refractivity contribution is -0.145. The third-order valence-corrected chi connectivity index (χ3v) is 6.84. The van der Waals surface area contributed by atoms with E-state index in [0.717, 1.165) is 11.5 Å². The molecule has 0 heterocycles. The van der Waals surface area contributed by atoms with Crippen molar-refractivity contribution >= 4 is 38.0 Å². The van der Waals surface area contributed by atoms with E-state index in [4.69, 9.17) is 15.2 Å². The number of amides is 2. The summed E-state index contributed by atoms with van der Waals surface area (Å²) < 4.78 is 10.6. The smallest absolute Gasteiger partial charge is 0.407 e. The minimum Gasteiger partial charge on any atom is -0.463 e. The number of esters is 1. The minimum atomic E-state index is -0.768. The predicted molar refractivity (Wildman–Crippen MR) is 130 cm³/mol. The van der Waals surface area contributed by atoms with Crippen LogP contribution in [0.15, 0.2) is 0 Å². The Balaban J connectivity index is 4.54. The number of carbonyl (C=O) groups excluding carboxylic acids is 3. The van der Waals surface area contributed by atoms with Crippen molar-refractivity contribution in [2.24, 2.45) is 5.73 Å². The maximum Gasteiger partial charge on any atom is 0.407 e. The number of carbonyl (C=O) groups is 3. The molecule has 0 saturated heterocycles. The molecule has 0 saturated carbocycles. The van der Waals surface area contributed by atoms with Crippen molar-refractivity contribution in [3.8, 4) is 0 Å². The zero-order chi connectivity index (χ0) is 23.2. The first-order valence-corrected chi connectivity index (χ1v) is 16.3. The molecular weight excluding hydrogens is 426 g/mol. The van der Waals surface area contributed by atoms with E-state index in [9.17, 15) is 14.4 Å². The van der Waals surface area contributed by atoms with E-state index in [0.29, 0.717) is 52.0 Å². The molecule has 0 spiro atoms. The quantitative estimate of drug-likeness (QED) is 0.248. The van der Waals surface area contributed by atoms with Crippen LogP contribution in [-0.2, 0) is 19.1 Å². The highest BCUT2D eigenvalue weighted by molar-refractivity contribution is 8.32. The largest absolute Gasteiger partial charge is 0.463 e. The average molecular weight is 470 g/mol. The van der Waals surface area contributed by atoms with Crippen molar-refractivity contribution in [1.29, 1.82) is 0 Å². The topological polar surface area (TPSA) is 120 Å². The van der Waals surface area contributed by atoms with Gasteiger partial charge in [0.05, 0.1) is 6.61 Å². The van der Waals surface area contributed by atoms with Crippen molar-refractivity contribution in [3.05, 3.63) is 0 Å². The second kappa shape index (κ2) is 14.8. The summed E-state index contributed by atoms with van der Waals surface area (Å²) in [5, 5.41) is 5.43. The predicted octanol–water partition coefficient (Wildman–Crippen LogP) is 1.65. The van der Waals surface area contributed by atoms with E-state index in [1.807, 2.05) is 0 Å². The summed E-state index contributed by atoms with van der Waals surface area (Å²) in [6.45, 7) is 1.49. The number of unbranched alkanes of at least 4 members (excludes halogenated alkanes) is 1. The lowest BCUT2D eigenvalue weighted by Crippen LogP contribution is -2.42. The minimum absolute atomic E-state index is 0.0826. The van der Waals surface area contributed by atoms with Crippen molar-refractivity contribution in [2.45, 2.75) is 31.7 Å². The van der Waals surface area contributed by atoms with Gasteiger partial charge in [-0.25, -0.2) is 29.6 Å². The van der Waals surface area contributed by atoms with Crippen LogP contribution in [0.1, 0.15) is 25.7 Å². The second-order valence-corrected chi connectivity index (χ2v) is 18.2. The van der Waals surface area contributed by atoms with Gasteiger partial charge in [0.1, 0.15) is 12.6 Å². The SMILES string of the molecule is CS(C)(C)CCOC(=O)N[C@@H](CCCCNC(=O)CCN)C(=O)OCCS(C)(C)C. The summed E-state index contributed by atoms with van der Waals surface area (Å²) in [6.07, 6.45) is 14.4. The van der Waals surface area contributed by atoms with Gasteiger partial charge in [-0.3, -0.25) is 4.79 Å². The summed E-state index contributed by atoms with van der Waals surface area (Å²) >= 11 is 0. The maximum atomic E-state index is 12.5. The van der Waals surface area contributed by atoms with Crippen LogP contribution in [0.2, 0.25) is 0 Å². The fraction of sp³-hybridized carbons (Fsp3) is 0.850. The molecule has 30 heavy (non-hydrogen) atoms. The molecule has 0 aromatic heterocycles. The molecule has 0 aromatic carbocycles. The van der Waals surface area contributed by atoms with Gasteiger partial charge in [-0.15, -0.1) is 0 Å². The van der Waals surface area contributed by atoms with Gasteiger partial charge >= 0.3 is 12.1 Å². The molecule has 10 heteroatoms. The molecule has 0 rings (SSSR count). The van der Waals surface area contributed by atoms with E-state index in [-0.39, 0.29) is 5.91 Å². The van der Waals surface area contributed by atoms with Crippen molar-refractivity contribution in [1.82, 2.24) is 10.6 Å². The summed E-state index contributed by atoms with van der Waals surface area (Å²) in [6, 6.07) is -0.755. The van der Waals surface area contributed by atoms with Gasteiger partial charge in [-0.2, -0.15) is 0 Å². The standard InChI is InChI=1S/C20H43N3O5S2/c1-29(2,3)15-13-27-19(25)17(9-7-8-12-22-18(24)10-11-21)23-20(26)28-14-16-30(4,5)6/h17H,7-16,21H2,1-6H3,(H,22,24)(H,23,26)/t17-/m0/s1. The Hall–Kier alpha value is -1.13. The van der Waals surface area contributed by atoms with Crippen LogP contribution in [0.25, 0.3) is 0 Å². The summed E-state index contributed by atoms with van der Waals surface area (Å²) in [4.78, 5) is 36.1. The van der Waals surface area contributed by atoms with Crippen molar-refractivity contribution in [2.75, 3.05) is 75.3 Å². The van der Waals surface area contributed by atoms with Crippen LogP contribution >= 0.6 is 20.1 Å². The molecule has 0 aliphatic heterocycles. The van der Waals surface area contributed by atoms with Crippen LogP contribution in [0.5, 0.6) is 0 Å². The molecule has 8 nitrogen and oxygen atoms in total. The first kappa shape index (κ1) is 28.9. The number of nitrogens with one attached hydrogen (secondary N) is 2. The first-order valence-electron chi connectivity index (χ1n) is 10.2. The Labute approximate surface area is 185 Å². The molecule has 4 N–H and O–H groups in total. The van der Waals surface area contributed by atoms with E-state index in [1.165, 1.54) is 0 Å². The lowest BCUT2D eigenvalue weighted by atomic mass is 10.1. The average Bonchev–Trinajstić information content (AvgIpc) is 2.58. The molecule has 1 atom stereocenters. The van der Waals surface area contributed by atoms with Gasteiger partial charge in [-0.05, 0) is 56.8 Å². The van der Waals surface area contributed by atoms with Gasteiger partial charge in [0.15, 0.2) is 0 Å². The molecule has 0 fully saturated rings. The van der Waals surface area contributed by atoms with Crippen LogP contribution in [-0.4, -0.2) is 99.4 Å². The number of hydrogen-bond acceptors (Lipinski definition) is 6. The maximum absolute atomic E-state index is 12.5. The highest BCUT2D eigenvalue weighted by atomic mass is 32.3. The summed E-state index contributed by atoms with van der Waals surface area (Å²) in [7, 11) is -1.53. The van der Waals surface area contributed by atoms with Crippen LogP contribution in [0, 0.1) is 0 Å². The van der Waals surface area contributed by atoms with Gasteiger partial charge in [0.2, 0.25) is 5.91 Å². The zero-order valence-electron chi connectivity index (χ0n) is 19.6. The number of ether oxygens (including phenoxy) is 2. The van der Waals surface area contributed by atoms with Gasteiger partial charge < -0.3 is 25.8 Å². The zero-order valence-corrected chi connectivity index (χ0v) is 21.2. The normalized spacial score (nSPS) is 13.8. The molecule has 2 amide bonds. The van der Waals surface area contributed by atoms with Crippen LogP contribution in [0.4, 0.5) is 4.79 Å². The third kappa shape index (κ3) is 17.7. The summed E-state index contributed by atoms with van der Waals surface area (Å²) in [5.41, 5.74) is 5.34. The highest BCUT2D eigenvalue weighted by Gasteiger charge is 2.23. The number of nitrogens with two attached hydrogens (primary N) is 1. The third-order valence-electron chi connectivity index (χ3n) is 4.06. The Bertz CT molecular complexity index is 534. The summed E-state index contributed by atoms with van der Waals surface area (Å²) in [5.74, 6) is 1.11. The fourth-order valence-electron chi connectivity index (χ4n) is 2.23. The van der Waals surface area contributed by atoms with Gasteiger partial charge in [0, 0.05) is 31.0 Å². The molecule has 0 bridgehead atoms. The van der Waals surface area contributed by atoms with Crippen LogP contribution < -0.4 is 16.4 Å². The van der Waals surface area contributed by atoms with Gasteiger partial charge in [0.25, 0.3) is 0 Å². The van der Waals surface area contributed by atoms with E-state index in [2.05, 4.69) is 48.2 Å². The molecule has 0 radical (unpaired) electrons. The number of rotatable bonds is 15. The Morgan fingerprint density at radius 1 is 0.900 bits per heavy atom. The molecule has 0 unspecified atom stereocenters. The molecule has 0 aliphatic carbocycles.